The van der Waals surface area contributed by atoms with E-state index in [4.69, 9.17) is 105 Å². The molecule has 0 aliphatic heterocycles. The minimum absolute atomic E-state index is 0. The van der Waals surface area contributed by atoms with E-state index in [9.17, 15) is 0 Å². The van der Waals surface area contributed by atoms with E-state index in [1.165, 1.54) is 10.9 Å². The molecule has 0 unspecified atom stereocenters. The molecule has 8 aromatic carbocycles. The number of nitrogen functional groups attached to an aromatic ring is 7. The van der Waals surface area contributed by atoms with Crippen LogP contribution in [0, 0.1) is 10.2 Å². The van der Waals surface area contributed by atoms with Crippen LogP contribution in [0.1, 0.15) is 0 Å². The lowest BCUT2D eigenvalue weighted by Gasteiger charge is -2.03. The first-order chi connectivity index (χ1) is 57.1. The summed E-state index contributed by atoms with van der Waals surface area (Å²) in [6.07, 6.45) is 12.1. The molecule has 18 nitrogen and oxygen atoms in total. The van der Waals surface area contributed by atoms with Crippen molar-refractivity contribution in [3.05, 3.63) is 391 Å². The van der Waals surface area contributed by atoms with E-state index < -0.39 is 10.2 Å². The van der Waals surface area contributed by atoms with Crippen molar-refractivity contribution in [3.8, 4) is 0 Å². The standard InChI is InChI=1S/C17H12N2.4C13H9ClN2.2C13H10N2.BrH.ClHO4.5ClH/c18-15-11-13-10-9-12-5-1-3-7-16(12)19(13)17-8-4-2-6-14(15)17;14-10-5-3-6-12-13(10)11(15)8-9-4-1-2-7-16(9)12;14-11-6-3-5-10-12(15)8-9-4-1-2-7-16(9)13(10)11;14-9-4-5-13-11(7-9)12(15)8-10-3-1-2-6-16(10)13;14-9-4-5-11-12(15)8-10-3-1-2-6-16(10)13(11)7-9;2*14-12-9-10-5-3-4-8-15(10)13-7-2-1-6-11(12)13;;2-1(3,4)5;;;;;/h1-11,18H;4*1-8,15H;2*1-9,14H;1H;(H,2,3,4,5);5*1H/p+1. The molecule has 15 N–H and O–H groups in total. The molecule has 626 valence electrons. The second kappa shape index (κ2) is 42.4. The zero-order chi connectivity index (χ0) is 82.3. The van der Waals surface area contributed by atoms with Gasteiger partial charge in [-0.15, -0.1) is 0 Å². The third-order valence-corrected chi connectivity index (χ3v) is 21.0. The Bertz CT molecular complexity index is 7450. The van der Waals surface area contributed by atoms with Gasteiger partial charge in [0.05, 0.1) is 97.4 Å². The fraction of sp³-hybridized carbons (Fsp3) is 0. The lowest BCUT2D eigenvalue weighted by atomic mass is 10.1. The van der Waals surface area contributed by atoms with Crippen molar-refractivity contribution >= 4 is 212 Å². The number of hydrogen-bond donors (Lipinski definition) is 8. The molecule has 0 aliphatic carbocycles. The zero-order valence-corrected chi connectivity index (χ0v) is 74.4. The summed E-state index contributed by atoms with van der Waals surface area (Å²) in [6, 6.07) is 110. The third-order valence-electron chi connectivity index (χ3n) is 19.9. The molecule has 0 saturated carbocycles. The Morgan fingerprint density at radius 1 is 0.242 bits per heavy atom. The van der Waals surface area contributed by atoms with E-state index in [0.29, 0.717) is 20.8 Å². The van der Waals surface area contributed by atoms with Gasteiger partial charge < -0.3 is 119 Å². The first-order valence-electron chi connectivity index (χ1n) is 37.0. The zero-order valence-electron chi connectivity index (χ0n) is 65.2. The highest BCUT2D eigenvalue weighted by molar-refractivity contribution is 6.36. The van der Waals surface area contributed by atoms with Gasteiger partial charge in [0.1, 0.15) is 5.02 Å². The Morgan fingerprint density at radius 3 is 1.03 bits per heavy atom. The summed E-state index contributed by atoms with van der Waals surface area (Å²) in [5.74, 6) is 0. The average molecular weight is 1910 g/mol. The Hall–Kier alpha value is -11.9. The number of aromatic nitrogens is 7. The van der Waals surface area contributed by atoms with Gasteiger partial charge in [-0.25, -0.2) is 0 Å². The molecule has 0 fully saturated rings. The number of fused-ring (bicyclic) bond motifs is 23. The Labute approximate surface area is 775 Å². The molecule has 29 heteroatoms. The number of pyridine rings is 14. The minimum atomic E-state index is -4.69. The van der Waals surface area contributed by atoms with E-state index in [-0.39, 0.29) is 79.0 Å². The monoisotopic (exact) mass is 1910 g/mol. The van der Waals surface area contributed by atoms with Crippen LogP contribution in [0.4, 0.5) is 39.8 Å². The van der Waals surface area contributed by atoms with Crippen LogP contribution in [0.5, 0.6) is 0 Å². The third kappa shape index (κ3) is 21.1. The van der Waals surface area contributed by atoms with Gasteiger partial charge in [0.2, 0.25) is 82.8 Å². The van der Waals surface area contributed by atoms with Crippen molar-refractivity contribution in [1.82, 2.24) is 0 Å². The molecule has 0 amide bonds. The van der Waals surface area contributed by atoms with Crippen LogP contribution in [0.2, 0.25) is 20.1 Å². The maximum atomic E-state index is 8.60. The van der Waals surface area contributed by atoms with Crippen molar-refractivity contribution in [3.63, 3.8) is 0 Å². The number of hydrogen-bond acceptors (Lipinski definition) is 11. The highest BCUT2D eigenvalue weighted by Gasteiger charge is 2.21. The Kier molecular flexibility index (Phi) is 32.8. The molecule has 22 rings (SSSR count). The van der Waals surface area contributed by atoms with Gasteiger partial charge in [-0.1, -0.05) is 107 Å². The van der Waals surface area contributed by atoms with Gasteiger partial charge >= 0.3 is 0 Å². The van der Waals surface area contributed by atoms with Crippen LogP contribution in [-0.4, -0.2) is 4.66 Å². The summed E-state index contributed by atoms with van der Waals surface area (Å²) in [5.41, 5.74) is 64.1. The molecular weight excluding hydrogens is 1840 g/mol. The molecule has 0 bridgehead atoms. The van der Waals surface area contributed by atoms with Crippen molar-refractivity contribution in [2.45, 2.75) is 0 Å². The largest absolute Gasteiger partial charge is 1.00 e. The summed E-state index contributed by atoms with van der Waals surface area (Å²) in [4.78, 5) is 0. The van der Waals surface area contributed by atoms with Crippen LogP contribution in [0.3, 0.4) is 0 Å². The molecule has 14 heterocycles. The first-order valence-corrected chi connectivity index (χ1v) is 39.8. The molecule has 124 heavy (non-hydrogen) atoms. The average Bonchev–Trinajstić information content (AvgIpc) is 0.754. The molecule has 22 aromatic rings. The summed E-state index contributed by atoms with van der Waals surface area (Å²) in [6.45, 7) is 0. The van der Waals surface area contributed by atoms with Gasteiger partial charge in [-0.3, -0.25) is 0 Å². The smallest absolute Gasteiger partial charge is 0.239 e. The Morgan fingerprint density at radius 2 is 0.548 bits per heavy atom. The highest BCUT2D eigenvalue weighted by Crippen LogP contribution is 2.31. The Balaban J connectivity index is 0.000000161. The van der Waals surface area contributed by atoms with E-state index in [1.807, 2.05) is 284 Å². The lowest BCUT2D eigenvalue weighted by molar-refractivity contribution is -1.92. The van der Waals surface area contributed by atoms with Gasteiger partial charge in [0.25, 0.3) is 0 Å². The number of halogens is 11. The quantitative estimate of drug-likeness (QED) is 0.0553. The van der Waals surface area contributed by atoms with E-state index >= 15 is 0 Å². The second-order valence-electron chi connectivity index (χ2n) is 27.4. The van der Waals surface area contributed by atoms with Crippen LogP contribution in [0.25, 0.3) is 126 Å². The summed E-state index contributed by atoms with van der Waals surface area (Å²) in [5, 5.41) is 11.2. The fourth-order valence-electron chi connectivity index (χ4n) is 14.7. The number of para-hydroxylation sites is 5. The van der Waals surface area contributed by atoms with Crippen LogP contribution in [-0.2, 0) is 0 Å². The van der Waals surface area contributed by atoms with E-state index in [1.54, 1.807) is 0 Å². The molecule has 0 aliphatic rings. The van der Waals surface area contributed by atoms with Crippen molar-refractivity contribution < 1.29 is 139 Å². The van der Waals surface area contributed by atoms with Gasteiger partial charge in [0.15, 0.2) is 37.2 Å². The maximum Gasteiger partial charge on any atom is 0.239 e. The normalized spacial score (nSPS) is 10.6. The number of rotatable bonds is 0. The van der Waals surface area contributed by atoms with Crippen LogP contribution in [0.15, 0.2) is 371 Å². The number of anilines is 7. The molecule has 0 spiro atoms. The van der Waals surface area contributed by atoms with Crippen LogP contribution < -0.4 is 164 Å². The summed E-state index contributed by atoms with van der Waals surface area (Å²) < 4.78 is 47.6. The molecule has 0 saturated heterocycles. The van der Waals surface area contributed by atoms with Gasteiger partial charge in [0, 0.05) is 179 Å². The SMILES string of the molecule is Nc1cc2ccc3ccccc3[n+]2c2ccccc12.Nc1cc2cccc[n+]2c2c(Cl)cccc12.Nc1cc2cccc[n+]2c2cc(Cl)ccc12.Nc1cc2cccc[n+]2c2ccc(Cl)cc12.Nc1cc2cccc[n+]2c2cccc(Cl)c12.Nc1cc2cccc[n+]2c2ccccc12.Nc1cc2cccc[n+]2c2ccccc12.[Br-].[Cl-].[Cl-].[Cl-].[Cl-].[Cl-].[O-][Cl+3]([O-])([O-])O. The topological polar surface area (TPSA) is 300 Å². The second-order valence-corrected chi connectivity index (χ2v) is 29.8. The molecule has 14 aromatic heterocycles. The molecule has 0 atom stereocenters. The predicted octanol–water partition coefficient (Wildman–Crippen LogP) is -3.21. The molecular formula is C95H76BrCl10N14O4+. The fourth-order valence-corrected chi connectivity index (χ4v) is 15.5. The van der Waals surface area contributed by atoms with E-state index in [2.05, 4.69) is 118 Å². The van der Waals surface area contributed by atoms with Crippen molar-refractivity contribution in [2.24, 2.45) is 0 Å². The van der Waals surface area contributed by atoms with Crippen LogP contribution >= 0.6 is 46.4 Å². The molecule has 0 radical (unpaired) electrons. The maximum absolute atomic E-state index is 8.60. The first kappa shape index (κ1) is 95.9. The number of nitrogens with two attached hydrogens (primary N) is 7. The minimum Gasteiger partial charge on any atom is -1.00 e. The number of nitrogens with zero attached hydrogens (tertiary/aromatic N) is 7. The lowest BCUT2D eigenvalue weighted by Crippen LogP contribution is -3.00. The highest BCUT2D eigenvalue weighted by atomic mass is 79.9. The van der Waals surface area contributed by atoms with E-state index in [0.717, 1.165) is 154 Å². The summed E-state index contributed by atoms with van der Waals surface area (Å²) in [7, 11) is -4.69. The van der Waals surface area contributed by atoms with Gasteiger partial charge in [-0.2, -0.15) is 44.8 Å². The summed E-state index contributed by atoms with van der Waals surface area (Å²) >= 11 is 24.4. The number of benzene rings is 8. The predicted molar refractivity (Wildman–Crippen MR) is 470 cm³/mol. The van der Waals surface area contributed by atoms with Crippen molar-refractivity contribution in [1.29, 1.82) is 0 Å². The van der Waals surface area contributed by atoms with Gasteiger partial charge in [-0.05, 0) is 109 Å². The van der Waals surface area contributed by atoms with Crippen molar-refractivity contribution in [2.75, 3.05) is 40.1 Å².